The number of phenols is 1. The number of ether oxygens (including phenoxy) is 1. The molecule has 0 bridgehead atoms. The van der Waals surface area contributed by atoms with E-state index in [9.17, 15) is 14.7 Å². The molecule has 1 aliphatic rings. The minimum Gasteiger partial charge on any atom is -0.508 e. The van der Waals surface area contributed by atoms with Crippen LogP contribution in [-0.2, 0) is 22.6 Å². The molecule has 0 saturated carbocycles. The number of nitrogens with one attached hydrogen (secondary N) is 2. The van der Waals surface area contributed by atoms with Crippen molar-refractivity contribution in [2.75, 3.05) is 30.0 Å². The summed E-state index contributed by atoms with van der Waals surface area (Å²) < 4.78 is 5.68. The van der Waals surface area contributed by atoms with Gasteiger partial charge in [-0.15, -0.1) is 0 Å². The van der Waals surface area contributed by atoms with Crippen molar-refractivity contribution in [3.8, 4) is 16.9 Å². The average molecular weight is 579 g/mol. The van der Waals surface area contributed by atoms with Gasteiger partial charge in [0.05, 0.1) is 12.1 Å². The Labute approximate surface area is 252 Å². The number of carbonyl (C=O) groups excluding carboxylic acids is 2. The summed E-state index contributed by atoms with van der Waals surface area (Å²) in [6.45, 7) is 2.86. The molecule has 0 aromatic heterocycles. The molecule has 8 heteroatoms. The van der Waals surface area contributed by atoms with Crippen LogP contribution in [-0.4, -0.2) is 41.8 Å². The van der Waals surface area contributed by atoms with Gasteiger partial charge in [0.1, 0.15) is 12.4 Å². The smallest absolute Gasteiger partial charge is 0.429 e. The van der Waals surface area contributed by atoms with Crippen LogP contribution in [0.25, 0.3) is 11.1 Å². The Hall–Kier alpha value is -4.66. The highest BCUT2D eigenvalue weighted by Crippen LogP contribution is 2.33. The fourth-order valence-electron chi connectivity index (χ4n) is 5.15. The van der Waals surface area contributed by atoms with E-state index in [0.717, 1.165) is 60.3 Å². The van der Waals surface area contributed by atoms with Crippen molar-refractivity contribution in [3.63, 3.8) is 0 Å². The number of hydrogen-bond donors (Lipinski definition) is 3. The van der Waals surface area contributed by atoms with Gasteiger partial charge in [-0.2, -0.15) is 0 Å². The second-order valence-corrected chi connectivity index (χ2v) is 10.6. The van der Waals surface area contributed by atoms with Crippen LogP contribution in [0.15, 0.2) is 103 Å². The summed E-state index contributed by atoms with van der Waals surface area (Å²) in [6, 6.07) is 32.6. The quantitative estimate of drug-likeness (QED) is 0.183. The van der Waals surface area contributed by atoms with E-state index in [2.05, 4.69) is 15.6 Å². The summed E-state index contributed by atoms with van der Waals surface area (Å²) in [5, 5.41) is 19.4. The number of hydrogen-bond acceptors (Lipinski definition) is 6. The summed E-state index contributed by atoms with van der Waals surface area (Å²) >= 11 is 0. The van der Waals surface area contributed by atoms with Gasteiger partial charge in [0.2, 0.25) is 5.91 Å². The summed E-state index contributed by atoms with van der Waals surface area (Å²) in [4.78, 5) is 26.2. The Morgan fingerprint density at radius 3 is 2.09 bits per heavy atom. The van der Waals surface area contributed by atoms with Crippen molar-refractivity contribution in [1.29, 1.82) is 0 Å². The van der Waals surface area contributed by atoms with Gasteiger partial charge in [-0.3, -0.25) is 4.79 Å². The van der Waals surface area contributed by atoms with Gasteiger partial charge in [-0.1, -0.05) is 79.2 Å². The maximum Gasteiger partial charge on any atom is 0.429 e. The highest BCUT2D eigenvalue weighted by atomic mass is 16.6. The number of amides is 2. The van der Waals surface area contributed by atoms with E-state index in [-0.39, 0.29) is 24.7 Å². The standard InChI is InChI=1S/C35H38N4O4/c40-31-19-15-28(16-20-31)26-36-25-27-13-17-30(18-14-27)37-34(41)21-24-43-35(42)39(38-22-7-2-8-23-38)33-12-6-5-11-32(33)29-9-3-1-4-10-29/h1,3-6,9-20,36,40H,2,7-8,21-26H2,(H,37,41). The van der Waals surface area contributed by atoms with E-state index in [1.807, 2.05) is 91.0 Å². The number of carbonyl (C=O) groups is 2. The molecule has 1 saturated heterocycles. The maximum atomic E-state index is 13.5. The Morgan fingerprint density at radius 1 is 0.767 bits per heavy atom. The number of phenolic OH excluding ortho intramolecular Hbond substituents is 1. The molecule has 0 aliphatic carbocycles. The zero-order chi connectivity index (χ0) is 29.9. The number of rotatable bonds is 11. The summed E-state index contributed by atoms with van der Waals surface area (Å²) in [7, 11) is 0. The van der Waals surface area contributed by atoms with Gasteiger partial charge >= 0.3 is 6.09 Å². The molecule has 1 fully saturated rings. The molecule has 1 heterocycles. The van der Waals surface area contributed by atoms with Crippen LogP contribution in [0.2, 0.25) is 0 Å². The number of aromatic hydroxyl groups is 1. The summed E-state index contributed by atoms with van der Waals surface area (Å²) in [5.41, 5.74) is 5.59. The minimum absolute atomic E-state index is 0.0260. The highest BCUT2D eigenvalue weighted by molar-refractivity contribution is 5.94. The van der Waals surface area contributed by atoms with E-state index in [4.69, 9.17) is 4.74 Å². The second-order valence-electron chi connectivity index (χ2n) is 10.6. The summed E-state index contributed by atoms with van der Waals surface area (Å²) in [6.07, 6.45) is 2.72. The van der Waals surface area contributed by atoms with Crippen LogP contribution in [0.3, 0.4) is 0 Å². The van der Waals surface area contributed by atoms with Crippen molar-refractivity contribution < 1.29 is 19.4 Å². The second kappa shape index (κ2) is 15.0. The Balaban J connectivity index is 1.14. The highest BCUT2D eigenvalue weighted by Gasteiger charge is 2.28. The van der Waals surface area contributed by atoms with Crippen LogP contribution in [0.5, 0.6) is 5.75 Å². The lowest BCUT2D eigenvalue weighted by molar-refractivity contribution is -0.116. The van der Waals surface area contributed by atoms with E-state index in [1.165, 1.54) is 0 Å². The van der Waals surface area contributed by atoms with E-state index >= 15 is 0 Å². The topological polar surface area (TPSA) is 94.1 Å². The van der Waals surface area contributed by atoms with Crippen LogP contribution < -0.4 is 15.6 Å². The molecule has 0 spiro atoms. The predicted octanol–water partition coefficient (Wildman–Crippen LogP) is 6.72. The van der Waals surface area contributed by atoms with Crippen molar-refractivity contribution in [1.82, 2.24) is 10.3 Å². The molecule has 1 aliphatic heterocycles. The van der Waals surface area contributed by atoms with Gasteiger partial charge in [0.15, 0.2) is 0 Å². The van der Waals surface area contributed by atoms with Crippen molar-refractivity contribution in [2.24, 2.45) is 0 Å². The SMILES string of the molecule is O=C(CCOC(=O)N(c1ccccc1-c1ccccc1)N1CCCCC1)Nc1ccc(CNCc2ccc(O)cc2)cc1. The third-order valence-electron chi connectivity index (χ3n) is 7.39. The van der Waals surface area contributed by atoms with Crippen LogP contribution in [0, 0.1) is 0 Å². The first-order valence-corrected chi connectivity index (χ1v) is 14.8. The van der Waals surface area contributed by atoms with E-state index in [1.54, 1.807) is 17.1 Å². The number of para-hydroxylation sites is 1. The molecule has 4 aromatic carbocycles. The number of piperidine rings is 1. The molecule has 43 heavy (non-hydrogen) atoms. The van der Waals surface area contributed by atoms with E-state index in [0.29, 0.717) is 18.8 Å². The number of hydrazine groups is 1. The Kier molecular flexibility index (Phi) is 10.4. The molecule has 222 valence electrons. The lowest BCUT2D eigenvalue weighted by Gasteiger charge is -2.37. The molecular weight excluding hydrogens is 540 g/mol. The fraction of sp³-hybridized carbons (Fsp3) is 0.257. The minimum atomic E-state index is -0.484. The number of benzene rings is 4. The van der Waals surface area contributed by atoms with Crippen LogP contribution in [0.1, 0.15) is 36.8 Å². The number of nitrogens with zero attached hydrogens (tertiary/aromatic N) is 2. The Morgan fingerprint density at radius 2 is 1.40 bits per heavy atom. The van der Waals surface area contributed by atoms with Gasteiger partial charge in [-0.05, 0) is 59.9 Å². The van der Waals surface area contributed by atoms with Crippen LogP contribution in [0.4, 0.5) is 16.2 Å². The third kappa shape index (κ3) is 8.44. The molecule has 5 rings (SSSR count). The average Bonchev–Trinajstić information content (AvgIpc) is 3.04. The van der Waals surface area contributed by atoms with Gasteiger partial charge in [-0.25, -0.2) is 14.8 Å². The third-order valence-corrected chi connectivity index (χ3v) is 7.39. The molecule has 2 amide bonds. The van der Waals surface area contributed by atoms with E-state index < -0.39 is 6.09 Å². The lowest BCUT2D eigenvalue weighted by Crippen LogP contribution is -2.49. The zero-order valence-corrected chi connectivity index (χ0v) is 24.2. The predicted molar refractivity (Wildman–Crippen MR) is 169 cm³/mol. The summed E-state index contributed by atoms with van der Waals surface area (Å²) in [5.74, 6) is 0.0313. The maximum absolute atomic E-state index is 13.5. The lowest BCUT2D eigenvalue weighted by atomic mass is 10.0. The molecule has 4 aromatic rings. The molecule has 8 nitrogen and oxygen atoms in total. The first-order valence-electron chi connectivity index (χ1n) is 14.8. The molecule has 3 N–H and O–H groups in total. The Bertz CT molecular complexity index is 1470. The first kappa shape index (κ1) is 29.8. The van der Waals surface area contributed by atoms with Crippen molar-refractivity contribution >= 4 is 23.4 Å². The monoisotopic (exact) mass is 578 g/mol. The zero-order valence-electron chi connectivity index (χ0n) is 24.2. The van der Waals surface area contributed by atoms with Crippen molar-refractivity contribution in [2.45, 2.75) is 38.8 Å². The molecule has 0 unspecified atom stereocenters. The molecule has 0 atom stereocenters. The van der Waals surface area contributed by atoms with Crippen LogP contribution >= 0.6 is 0 Å². The van der Waals surface area contributed by atoms with Crippen molar-refractivity contribution in [3.05, 3.63) is 114 Å². The largest absolute Gasteiger partial charge is 0.508 e. The molecule has 0 radical (unpaired) electrons. The first-order chi connectivity index (χ1) is 21.1. The molecular formula is C35H38N4O4. The van der Waals surface area contributed by atoms with Gasteiger partial charge < -0.3 is 20.5 Å². The van der Waals surface area contributed by atoms with Gasteiger partial charge in [0, 0.05) is 37.4 Å². The fourth-order valence-corrected chi connectivity index (χ4v) is 5.15. The van der Waals surface area contributed by atoms with Gasteiger partial charge in [0.25, 0.3) is 0 Å². The normalized spacial score (nSPS) is 13.3. The number of anilines is 2.